The van der Waals surface area contributed by atoms with Crippen molar-refractivity contribution in [2.75, 3.05) is 0 Å². The van der Waals surface area contributed by atoms with Gasteiger partial charge in [-0.2, -0.15) is 0 Å². The lowest BCUT2D eigenvalue weighted by atomic mass is 9.77. The standard InChI is InChI=1S/C15H17ClN2O3/c1-8(2)11(7-9-4-3-5-10(16)6-9)12-13(19)17-15(21)18-14(12)20/h3-6,8,11-12H,7H2,1-2H3,(H2,17,18,19,20,21). The number of carbonyl (C=O) groups is 3. The molecule has 0 aromatic heterocycles. The summed E-state index contributed by atoms with van der Waals surface area (Å²) in [6.07, 6.45) is 0.540. The molecule has 1 atom stereocenters. The molecule has 5 nitrogen and oxygen atoms in total. The fourth-order valence-electron chi connectivity index (χ4n) is 2.59. The Morgan fingerprint density at radius 2 is 1.76 bits per heavy atom. The first-order valence-electron chi connectivity index (χ1n) is 6.78. The molecule has 4 amide bonds. The number of hydrogen-bond donors (Lipinski definition) is 2. The number of carbonyl (C=O) groups excluding carboxylic acids is 3. The van der Waals surface area contributed by atoms with Crippen LogP contribution >= 0.6 is 11.6 Å². The summed E-state index contributed by atoms with van der Waals surface area (Å²) in [5, 5.41) is 4.93. The van der Waals surface area contributed by atoms with Gasteiger partial charge in [-0.3, -0.25) is 20.2 Å². The van der Waals surface area contributed by atoms with Crippen molar-refractivity contribution >= 4 is 29.4 Å². The topological polar surface area (TPSA) is 75.3 Å². The Morgan fingerprint density at radius 1 is 1.14 bits per heavy atom. The van der Waals surface area contributed by atoms with Crippen molar-refractivity contribution in [3.05, 3.63) is 34.9 Å². The van der Waals surface area contributed by atoms with Crippen LogP contribution in [0, 0.1) is 17.8 Å². The molecule has 2 rings (SSSR count). The van der Waals surface area contributed by atoms with Crippen molar-refractivity contribution in [3.8, 4) is 0 Å². The number of barbiturate groups is 1. The van der Waals surface area contributed by atoms with E-state index in [-0.39, 0.29) is 11.8 Å². The maximum Gasteiger partial charge on any atom is 0.328 e. The molecule has 1 aliphatic heterocycles. The van der Waals surface area contributed by atoms with Gasteiger partial charge in [0.05, 0.1) is 0 Å². The molecule has 1 saturated heterocycles. The molecule has 2 N–H and O–H groups in total. The minimum Gasteiger partial charge on any atom is -0.277 e. The highest BCUT2D eigenvalue weighted by Gasteiger charge is 2.41. The first-order valence-corrected chi connectivity index (χ1v) is 7.16. The maximum absolute atomic E-state index is 12.0. The second-order valence-corrected chi connectivity index (χ2v) is 5.96. The van der Waals surface area contributed by atoms with Gasteiger partial charge in [0, 0.05) is 5.02 Å². The third kappa shape index (κ3) is 3.61. The second-order valence-electron chi connectivity index (χ2n) is 5.53. The number of rotatable bonds is 4. The molecule has 0 spiro atoms. The molecular weight excluding hydrogens is 292 g/mol. The maximum atomic E-state index is 12.0. The van der Waals surface area contributed by atoms with Crippen molar-refractivity contribution in [2.45, 2.75) is 20.3 Å². The Hall–Kier alpha value is -1.88. The fraction of sp³-hybridized carbons (Fsp3) is 0.400. The van der Waals surface area contributed by atoms with Crippen molar-refractivity contribution < 1.29 is 14.4 Å². The highest BCUT2D eigenvalue weighted by atomic mass is 35.5. The normalized spacial score (nSPS) is 17.6. The third-order valence-corrected chi connectivity index (χ3v) is 3.92. The SMILES string of the molecule is CC(C)C(Cc1cccc(Cl)c1)C1C(=O)NC(=O)NC1=O. The van der Waals surface area contributed by atoms with Crippen LogP contribution in [0.3, 0.4) is 0 Å². The Balaban J connectivity index is 2.24. The Morgan fingerprint density at radius 3 is 2.29 bits per heavy atom. The van der Waals surface area contributed by atoms with Crippen LogP contribution in [0.15, 0.2) is 24.3 Å². The Bertz CT molecular complexity index is 566. The van der Waals surface area contributed by atoms with Gasteiger partial charge < -0.3 is 0 Å². The smallest absolute Gasteiger partial charge is 0.277 e. The highest BCUT2D eigenvalue weighted by Crippen LogP contribution is 2.28. The first-order chi connectivity index (χ1) is 9.88. The number of amides is 4. The van der Waals surface area contributed by atoms with E-state index < -0.39 is 23.8 Å². The van der Waals surface area contributed by atoms with Crippen molar-refractivity contribution in [2.24, 2.45) is 17.8 Å². The van der Waals surface area contributed by atoms with E-state index in [1.54, 1.807) is 6.07 Å². The molecule has 1 aromatic rings. The molecule has 6 heteroatoms. The fourth-order valence-corrected chi connectivity index (χ4v) is 2.81. The van der Waals surface area contributed by atoms with Gasteiger partial charge in [0.15, 0.2) is 0 Å². The van der Waals surface area contributed by atoms with Crippen LogP contribution in [0.1, 0.15) is 19.4 Å². The molecule has 21 heavy (non-hydrogen) atoms. The minimum atomic E-state index is -0.873. The summed E-state index contributed by atoms with van der Waals surface area (Å²) in [6.45, 7) is 3.90. The van der Waals surface area contributed by atoms with E-state index in [1.807, 2.05) is 32.0 Å². The predicted octanol–water partition coefficient (Wildman–Crippen LogP) is 2.14. The lowest BCUT2D eigenvalue weighted by molar-refractivity contribution is -0.139. The monoisotopic (exact) mass is 308 g/mol. The summed E-state index contributed by atoms with van der Waals surface area (Å²) in [7, 11) is 0. The summed E-state index contributed by atoms with van der Waals surface area (Å²) in [6, 6.07) is 6.57. The molecule has 1 aromatic carbocycles. The third-order valence-electron chi connectivity index (χ3n) is 3.68. The van der Waals surface area contributed by atoms with Gasteiger partial charge in [-0.15, -0.1) is 0 Å². The van der Waals surface area contributed by atoms with Gasteiger partial charge in [-0.1, -0.05) is 37.6 Å². The van der Waals surface area contributed by atoms with Crippen molar-refractivity contribution in [1.82, 2.24) is 10.6 Å². The lowest BCUT2D eigenvalue weighted by Crippen LogP contribution is -2.58. The molecule has 1 unspecified atom stereocenters. The average molecular weight is 309 g/mol. The summed E-state index contributed by atoms with van der Waals surface area (Å²) >= 11 is 5.97. The number of imide groups is 2. The second kappa shape index (κ2) is 6.26. The average Bonchev–Trinajstić information content (AvgIpc) is 2.36. The van der Waals surface area contributed by atoms with Crippen LogP contribution in [-0.2, 0) is 16.0 Å². The quantitative estimate of drug-likeness (QED) is 0.837. The first kappa shape index (κ1) is 15.5. The van der Waals surface area contributed by atoms with Gasteiger partial charge in [0.1, 0.15) is 5.92 Å². The van der Waals surface area contributed by atoms with E-state index in [0.29, 0.717) is 11.4 Å². The van der Waals surface area contributed by atoms with E-state index in [0.717, 1.165) is 5.56 Å². The molecule has 0 radical (unpaired) electrons. The van der Waals surface area contributed by atoms with Crippen LogP contribution in [0.25, 0.3) is 0 Å². The molecule has 0 bridgehead atoms. The number of halogens is 1. The van der Waals surface area contributed by atoms with E-state index in [9.17, 15) is 14.4 Å². The molecule has 112 valence electrons. The van der Waals surface area contributed by atoms with E-state index in [1.165, 1.54) is 0 Å². The van der Waals surface area contributed by atoms with Gasteiger partial charge in [0.2, 0.25) is 11.8 Å². The summed E-state index contributed by atoms with van der Waals surface area (Å²) < 4.78 is 0. The van der Waals surface area contributed by atoms with Crippen LogP contribution in [-0.4, -0.2) is 17.8 Å². The molecule has 0 aliphatic carbocycles. The lowest BCUT2D eigenvalue weighted by Gasteiger charge is -2.30. The molecule has 1 heterocycles. The van der Waals surface area contributed by atoms with Gasteiger partial charge >= 0.3 is 6.03 Å². The van der Waals surface area contributed by atoms with Crippen LogP contribution < -0.4 is 10.6 Å². The Kier molecular flexibility index (Phi) is 4.63. The Labute approximate surface area is 128 Å². The zero-order valence-corrected chi connectivity index (χ0v) is 12.6. The van der Waals surface area contributed by atoms with Gasteiger partial charge in [-0.05, 0) is 36.0 Å². The number of benzene rings is 1. The zero-order valence-electron chi connectivity index (χ0n) is 11.9. The molecule has 1 aliphatic rings. The number of hydrogen-bond acceptors (Lipinski definition) is 3. The highest BCUT2D eigenvalue weighted by molar-refractivity contribution is 6.30. The number of nitrogens with one attached hydrogen (secondary N) is 2. The van der Waals surface area contributed by atoms with Gasteiger partial charge in [-0.25, -0.2) is 4.79 Å². The van der Waals surface area contributed by atoms with Gasteiger partial charge in [0.25, 0.3) is 0 Å². The van der Waals surface area contributed by atoms with E-state index in [4.69, 9.17) is 11.6 Å². The summed E-state index contributed by atoms with van der Waals surface area (Å²) in [5.41, 5.74) is 0.957. The molecular formula is C15H17ClN2O3. The number of urea groups is 1. The van der Waals surface area contributed by atoms with E-state index in [2.05, 4.69) is 10.6 Å². The van der Waals surface area contributed by atoms with Crippen molar-refractivity contribution in [1.29, 1.82) is 0 Å². The summed E-state index contributed by atoms with van der Waals surface area (Å²) in [4.78, 5) is 35.1. The van der Waals surface area contributed by atoms with E-state index >= 15 is 0 Å². The van der Waals surface area contributed by atoms with Crippen molar-refractivity contribution in [3.63, 3.8) is 0 Å². The largest absolute Gasteiger partial charge is 0.328 e. The van der Waals surface area contributed by atoms with Crippen LogP contribution in [0.4, 0.5) is 4.79 Å². The summed E-state index contributed by atoms with van der Waals surface area (Å²) in [5.74, 6) is -2.06. The van der Waals surface area contributed by atoms with Crippen LogP contribution in [0.5, 0.6) is 0 Å². The van der Waals surface area contributed by atoms with Crippen LogP contribution in [0.2, 0.25) is 5.02 Å². The molecule has 0 saturated carbocycles. The zero-order chi connectivity index (χ0) is 15.6. The minimum absolute atomic E-state index is 0.0960. The predicted molar refractivity (Wildman–Crippen MR) is 78.7 cm³/mol. The molecule has 1 fully saturated rings.